The van der Waals surface area contributed by atoms with Crippen molar-refractivity contribution in [1.82, 2.24) is 9.80 Å². The summed E-state index contributed by atoms with van der Waals surface area (Å²) in [5, 5.41) is 0. The number of rotatable bonds is 2. The normalized spacial score (nSPS) is 23.5. The molecule has 2 heterocycles. The molecule has 2 aliphatic heterocycles. The number of aryl methyl sites for hydroxylation is 1. The van der Waals surface area contributed by atoms with Crippen molar-refractivity contribution in [3.8, 4) is 0 Å². The molecule has 0 bridgehead atoms. The van der Waals surface area contributed by atoms with Gasteiger partial charge in [0, 0.05) is 43.5 Å². The van der Waals surface area contributed by atoms with Gasteiger partial charge in [-0.1, -0.05) is 0 Å². The number of hydrogen-bond acceptors (Lipinski definition) is 4. The molecule has 5 heteroatoms. The third kappa shape index (κ3) is 3.04. The van der Waals surface area contributed by atoms with Gasteiger partial charge in [-0.15, -0.1) is 0 Å². The molecule has 0 aromatic heterocycles. The third-order valence-corrected chi connectivity index (χ3v) is 4.49. The second kappa shape index (κ2) is 6.03. The Hall–Kier alpha value is -1.59. The number of ether oxygens (including phenoxy) is 1. The fourth-order valence-corrected chi connectivity index (χ4v) is 3.26. The van der Waals surface area contributed by atoms with Gasteiger partial charge < -0.3 is 15.4 Å². The van der Waals surface area contributed by atoms with Crippen LogP contribution in [-0.4, -0.2) is 61.1 Å². The first-order valence-corrected chi connectivity index (χ1v) is 7.62. The van der Waals surface area contributed by atoms with Crippen LogP contribution in [0.5, 0.6) is 0 Å². The third-order valence-electron chi connectivity index (χ3n) is 4.49. The van der Waals surface area contributed by atoms with Crippen molar-refractivity contribution >= 4 is 11.6 Å². The zero-order chi connectivity index (χ0) is 14.8. The van der Waals surface area contributed by atoms with Gasteiger partial charge in [-0.3, -0.25) is 9.69 Å². The van der Waals surface area contributed by atoms with Crippen LogP contribution in [0, 0.1) is 6.92 Å². The number of nitrogens with two attached hydrogens (primary N) is 1. The van der Waals surface area contributed by atoms with Crippen molar-refractivity contribution in [2.75, 3.05) is 45.1 Å². The van der Waals surface area contributed by atoms with Gasteiger partial charge in [0.05, 0.1) is 13.2 Å². The molecule has 0 saturated carbocycles. The lowest BCUT2D eigenvalue weighted by atomic mass is 10.1. The average Bonchev–Trinajstić information content (AvgIpc) is 2.97. The second-order valence-electron chi connectivity index (χ2n) is 5.92. The Bertz CT molecular complexity index is 526. The predicted octanol–water partition coefficient (Wildman–Crippen LogP) is 1.12. The van der Waals surface area contributed by atoms with Crippen LogP contribution in [0.3, 0.4) is 0 Å². The molecule has 114 valence electrons. The number of anilines is 1. The lowest BCUT2D eigenvalue weighted by Gasteiger charge is -2.32. The number of amides is 1. The summed E-state index contributed by atoms with van der Waals surface area (Å²) in [5.74, 6) is 0.128. The Kier molecular flexibility index (Phi) is 4.12. The highest BCUT2D eigenvalue weighted by Gasteiger charge is 2.31. The average molecular weight is 289 g/mol. The molecule has 1 unspecified atom stereocenters. The fourth-order valence-electron chi connectivity index (χ4n) is 3.26. The number of morpholine rings is 1. The van der Waals surface area contributed by atoms with Crippen molar-refractivity contribution in [2.45, 2.75) is 19.4 Å². The maximum absolute atomic E-state index is 12.6. The molecule has 0 aliphatic carbocycles. The minimum atomic E-state index is 0.128. The number of nitrogens with zero attached hydrogens (tertiary/aromatic N) is 2. The van der Waals surface area contributed by atoms with E-state index < -0.39 is 0 Å². The lowest BCUT2D eigenvalue weighted by Crippen LogP contribution is -2.45. The molecule has 0 radical (unpaired) electrons. The molecular weight excluding hydrogens is 266 g/mol. The van der Waals surface area contributed by atoms with Gasteiger partial charge >= 0.3 is 0 Å². The summed E-state index contributed by atoms with van der Waals surface area (Å²) in [7, 11) is 0. The molecule has 5 nitrogen and oxygen atoms in total. The van der Waals surface area contributed by atoms with E-state index in [1.807, 2.05) is 24.0 Å². The van der Waals surface area contributed by atoms with Crippen molar-refractivity contribution in [3.63, 3.8) is 0 Å². The number of carbonyl (C=O) groups is 1. The highest BCUT2D eigenvalue weighted by atomic mass is 16.5. The first-order valence-electron chi connectivity index (χ1n) is 7.62. The maximum atomic E-state index is 12.6. The van der Waals surface area contributed by atoms with Crippen LogP contribution in [0.25, 0.3) is 0 Å². The Balaban J connectivity index is 1.66. The number of nitrogen functional groups attached to an aromatic ring is 1. The van der Waals surface area contributed by atoms with E-state index in [0.29, 0.717) is 11.7 Å². The highest BCUT2D eigenvalue weighted by Crippen LogP contribution is 2.21. The molecule has 1 aromatic rings. The van der Waals surface area contributed by atoms with E-state index in [2.05, 4.69) is 4.90 Å². The van der Waals surface area contributed by atoms with Crippen molar-refractivity contribution in [1.29, 1.82) is 0 Å². The zero-order valence-corrected chi connectivity index (χ0v) is 12.5. The van der Waals surface area contributed by atoms with Crippen LogP contribution in [-0.2, 0) is 4.74 Å². The first kappa shape index (κ1) is 14.4. The Morgan fingerprint density at radius 3 is 2.76 bits per heavy atom. The Morgan fingerprint density at radius 1 is 1.29 bits per heavy atom. The van der Waals surface area contributed by atoms with E-state index in [1.165, 1.54) is 0 Å². The van der Waals surface area contributed by atoms with Gasteiger partial charge in [0.15, 0.2) is 0 Å². The summed E-state index contributed by atoms with van der Waals surface area (Å²) in [6.45, 7) is 7.18. The highest BCUT2D eigenvalue weighted by molar-refractivity contribution is 5.96. The number of carbonyl (C=O) groups excluding carboxylic acids is 1. The molecular formula is C16H23N3O2. The van der Waals surface area contributed by atoms with Gasteiger partial charge in [0.1, 0.15) is 0 Å². The van der Waals surface area contributed by atoms with Crippen LogP contribution in [0.15, 0.2) is 18.2 Å². The van der Waals surface area contributed by atoms with Crippen molar-refractivity contribution in [2.24, 2.45) is 0 Å². The molecule has 3 rings (SSSR count). The van der Waals surface area contributed by atoms with Crippen LogP contribution in [0.1, 0.15) is 22.3 Å². The van der Waals surface area contributed by atoms with E-state index in [9.17, 15) is 4.79 Å². The SMILES string of the molecule is Cc1cc(N)ccc1C(=O)N1CCC(N2CCOCC2)C1. The second-order valence-corrected chi connectivity index (χ2v) is 5.92. The number of hydrogen-bond donors (Lipinski definition) is 1. The topological polar surface area (TPSA) is 58.8 Å². The predicted molar refractivity (Wildman–Crippen MR) is 82.3 cm³/mol. The van der Waals surface area contributed by atoms with E-state index in [0.717, 1.165) is 56.9 Å². The molecule has 2 saturated heterocycles. The summed E-state index contributed by atoms with van der Waals surface area (Å²) in [4.78, 5) is 17.1. The number of likely N-dealkylation sites (tertiary alicyclic amines) is 1. The van der Waals surface area contributed by atoms with Crippen molar-refractivity contribution < 1.29 is 9.53 Å². The molecule has 21 heavy (non-hydrogen) atoms. The molecule has 2 aliphatic rings. The van der Waals surface area contributed by atoms with E-state index >= 15 is 0 Å². The Labute approximate surface area is 125 Å². The smallest absolute Gasteiger partial charge is 0.254 e. The fraction of sp³-hybridized carbons (Fsp3) is 0.562. The van der Waals surface area contributed by atoms with Gasteiger partial charge in [0.25, 0.3) is 5.91 Å². The van der Waals surface area contributed by atoms with Crippen LogP contribution in [0.2, 0.25) is 0 Å². The van der Waals surface area contributed by atoms with Gasteiger partial charge in [0.2, 0.25) is 0 Å². The van der Waals surface area contributed by atoms with Crippen LogP contribution in [0.4, 0.5) is 5.69 Å². The summed E-state index contributed by atoms with van der Waals surface area (Å²) in [6, 6.07) is 5.99. The molecule has 1 amide bonds. The number of benzene rings is 1. The minimum absolute atomic E-state index is 0.128. The molecule has 2 fully saturated rings. The van der Waals surface area contributed by atoms with Crippen LogP contribution < -0.4 is 5.73 Å². The standard InChI is InChI=1S/C16H23N3O2/c1-12-10-13(17)2-3-15(12)16(20)19-5-4-14(11-19)18-6-8-21-9-7-18/h2-3,10,14H,4-9,11,17H2,1H3. The molecule has 2 N–H and O–H groups in total. The van der Waals surface area contributed by atoms with Gasteiger partial charge in [-0.25, -0.2) is 0 Å². The summed E-state index contributed by atoms with van der Waals surface area (Å²) in [6.07, 6.45) is 1.06. The van der Waals surface area contributed by atoms with E-state index in [4.69, 9.17) is 10.5 Å². The summed E-state index contributed by atoms with van der Waals surface area (Å²) >= 11 is 0. The largest absolute Gasteiger partial charge is 0.399 e. The van der Waals surface area contributed by atoms with Gasteiger partial charge in [-0.05, 0) is 37.1 Å². The van der Waals surface area contributed by atoms with Gasteiger partial charge in [-0.2, -0.15) is 0 Å². The first-order chi connectivity index (χ1) is 10.1. The summed E-state index contributed by atoms with van der Waals surface area (Å²) in [5.41, 5.74) is 8.19. The quantitative estimate of drug-likeness (QED) is 0.829. The lowest BCUT2D eigenvalue weighted by molar-refractivity contribution is 0.0185. The van der Waals surface area contributed by atoms with Crippen LogP contribution >= 0.6 is 0 Å². The monoisotopic (exact) mass is 289 g/mol. The van der Waals surface area contributed by atoms with Crippen molar-refractivity contribution in [3.05, 3.63) is 29.3 Å². The summed E-state index contributed by atoms with van der Waals surface area (Å²) < 4.78 is 5.40. The maximum Gasteiger partial charge on any atom is 0.254 e. The molecule has 0 spiro atoms. The Morgan fingerprint density at radius 2 is 2.05 bits per heavy atom. The minimum Gasteiger partial charge on any atom is -0.399 e. The zero-order valence-electron chi connectivity index (χ0n) is 12.5. The molecule has 1 atom stereocenters. The van der Waals surface area contributed by atoms with E-state index in [1.54, 1.807) is 6.07 Å². The van der Waals surface area contributed by atoms with E-state index in [-0.39, 0.29) is 5.91 Å². The molecule has 1 aromatic carbocycles.